The quantitative estimate of drug-likeness (QED) is 0.512. The Balaban J connectivity index is 1.07. The van der Waals surface area contributed by atoms with E-state index in [4.69, 9.17) is 9.72 Å². The number of ether oxygens (including phenoxy) is 1. The lowest BCUT2D eigenvalue weighted by atomic mass is 9.97. The molecule has 2 saturated heterocycles. The van der Waals surface area contributed by atoms with E-state index in [-0.39, 0.29) is 12.0 Å². The Labute approximate surface area is 193 Å². The molecule has 7 nitrogen and oxygen atoms in total. The maximum absolute atomic E-state index is 12.7. The van der Waals surface area contributed by atoms with Crippen LogP contribution in [0.25, 0.3) is 10.2 Å². The number of hydrogen-bond donors (Lipinski definition) is 1. The lowest BCUT2D eigenvalue weighted by Crippen LogP contribution is -2.38. The van der Waals surface area contributed by atoms with Crippen LogP contribution >= 0.6 is 34.4 Å². The van der Waals surface area contributed by atoms with Gasteiger partial charge in [-0.15, -0.1) is 21.5 Å². The Bertz CT molecular complexity index is 992. The largest absolute Gasteiger partial charge is 0.376 e. The van der Waals surface area contributed by atoms with E-state index in [2.05, 4.69) is 33.7 Å². The van der Waals surface area contributed by atoms with Crippen molar-refractivity contribution in [2.45, 2.75) is 42.0 Å². The molecule has 10 heteroatoms. The summed E-state index contributed by atoms with van der Waals surface area (Å²) in [5.74, 6) is 1.04. The van der Waals surface area contributed by atoms with Crippen molar-refractivity contribution in [2.24, 2.45) is 0 Å². The molecular weight excluding hydrogens is 450 g/mol. The maximum Gasteiger partial charge on any atom is 0.233 e. The van der Waals surface area contributed by atoms with E-state index in [0.717, 1.165) is 66.9 Å². The van der Waals surface area contributed by atoms with Crippen molar-refractivity contribution in [3.8, 4) is 0 Å². The van der Waals surface area contributed by atoms with Crippen molar-refractivity contribution in [2.75, 3.05) is 37.3 Å². The minimum absolute atomic E-state index is 0.178. The van der Waals surface area contributed by atoms with Gasteiger partial charge in [0.15, 0.2) is 4.34 Å². The molecule has 1 amide bonds. The van der Waals surface area contributed by atoms with E-state index in [1.807, 2.05) is 11.0 Å². The predicted octanol–water partition coefficient (Wildman–Crippen LogP) is 4.24. The van der Waals surface area contributed by atoms with Crippen molar-refractivity contribution in [3.63, 3.8) is 0 Å². The number of hydrogen-bond acceptors (Lipinski definition) is 9. The summed E-state index contributed by atoms with van der Waals surface area (Å²) in [5, 5.41) is 13.7. The molecule has 3 aromatic rings. The Morgan fingerprint density at radius 3 is 2.87 bits per heavy atom. The highest BCUT2D eigenvalue weighted by Gasteiger charge is 2.26. The van der Waals surface area contributed by atoms with E-state index in [0.29, 0.717) is 11.7 Å². The molecule has 2 aliphatic rings. The molecule has 0 saturated carbocycles. The number of aromatic nitrogens is 3. The molecule has 4 heterocycles. The highest BCUT2D eigenvalue weighted by atomic mass is 32.2. The summed E-state index contributed by atoms with van der Waals surface area (Å²) in [6, 6.07) is 8.29. The first-order valence-corrected chi connectivity index (χ1v) is 13.3. The second kappa shape index (κ2) is 9.81. The second-order valence-electron chi connectivity index (χ2n) is 7.85. The zero-order valence-electron chi connectivity index (χ0n) is 17.2. The zero-order valence-corrected chi connectivity index (χ0v) is 19.6. The van der Waals surface area contributed by atoms with Crippen LogP contribution < -0.4 is 5.32 Å². The fourth-order valence-electron chi connectivity index (χ4n) is 4.00. The number of carbonyl (C=O) groups is 1. The number of amides is 1. The molecule has 2 aliphatic heterocycles. The number of piperidine rings is 1. The minimum Gasteiger partial charge on any atom is -0.376 e. The monoisotopic (exact) mass is 475 g/mol. The average molecular weight is 476 g/mol. The van der Waals surface area contributed by atoms with Gasteiger partial charge in [-0.2, -0.15) is 0 Å². The zero-order chi connectivity index (χ0) is 21.0. The molecule has 2 aromatic heterocycles. The first-order valence-electron chi connectivity index (χ1n) is 10.7. The molecule has 1 aromatic carbocycles. The third-order valence-corrected chi connectivity index (χ3v) is 8.94. The van der Waals surface area contributed by atoms with E-state index in [1.165, 1.54) is 32.8 Å². The summed E-state index contributed by atoms with van der Waals surface area (Å²) >= 11 is 4.76. The molecule has 1 N–H and O–H groups in total. The normalized spacial score (nSPS) is 19.9. The Hall–Kier alpha value is -1.75. The molecule has 0 spiro atoms. The van der Waals surface area contributed by atoms with Gasteiger partial charge in [-0.25, -0.2) is 4.98 Å². The molecular formula is C21H25N5O2S3. The smallest absolute Gasteiger partial charge is 0.233 e. The van der Waals surface area contributed by atoms with Crippen LogP contribution in [0.3, 0.4) is 0 Å². The van der Waals surface area contributed by atoms with Gasteiger partial charge in [-0.05, 0) is 37.8 Å². The van der Waals surface area contributed by atoms with Crippen LogP contribution in [-0.2, 0) is 9.53 Å². The summed E-state index contributed by atoms with van der Waals surface area (Å²) in [7, 11) is 0. The number of para-hydroxylation sites is 1. The number of nitrogens with one attached hydrogen (secondary N) is 1. The molecule has 31 heavy (non-hydrogen) atoms. The number of fused-ring (bicyclic) bond motifs is 1. The number of thioether (sulfide) groups is 1. The predicted molar refractivity (Wildman–Crippen MR) is 126 cm³/mol. The van der Waals surface area contributed by atoms with Crippen LogP contribution in [0.4, 0.5) is 5.13 Å². The highest BCUT2D eigenvalue weighted by Crippen LogP contribution is 2.34. The van der Waals surface area contributed by atoms with Gasteiger partial charge in [0.1, 0.15) is 0 Å². The number of anilines is 1. The van der Waals surface area contributed by atoms with Crippen molar-refractivity contribution in [3.05, 3.63) is 29.3 Å². The van der Waals surface area contributed by atoms with E-state index in [9.17, 15) is 4.79 Å². The van der Waals surface area contributed by atoms with Gasteiger partial charge >= 0.3 is 0 Å². The number of benzene rings is 1. The fraction of sp³-hybridized carbons (Fsp3) is 0.524. The number of rotatable bonds is 7. The molecule has 164 valence electrons. The summed E-state index contributed by atoms with van der Waals surface area (Å²) in [5.41, 5.74) is 1.08. The number of thiazole rings is 1. The van der Waals surface area contributed by atoms with Crippen LogP contribution in [0.1, 0.15) is 36.6 Å². The van der Waals surface area contributed by atoms with Crippen molar-refractivity contribution in [1.29, 1.82) is 0 Å². The summed E-state index contributed by atoms with van der Waals surface area (Å²) in [4.78, 5) is 19.5. The van der Waals surface area contributed by atoms with Crippen LogP contribution in [-0.4, -0.2) is 64.1 Å². The van der Waals surface area contributed by atoms with E-state index >= 15 is 0 Å². The topological polar surface area (TPSA) is 80.2 Å². The number of carbonyl (C=O) groups excluding carboxylic acids is 1. The molecule has 1 atom stereocenters. The van der Waals surface area contributed by atoms with Crippen molar-refractivity contribution in [1.82, 2.24) is 20.1 Å². The van der Waals surface area contributed by atoms with Crippen molar-refractivity contribution < 1.29 is 9.53 Å². The van der Waals surface area contributed by atoms with Crippen LogP contribution in [0, 0.1) is 0 Å². The van der Waals surface area contributed by atoms with E-state index < -0.39 is 0 Å². The molecule has 0 aliphatic carbocycles. The second-order valence-corrected chi connectivity index (χ2v) is 11.1. The van der Waals surface area contributed by atoms with Crippen molar-refractivity contribution >= 4 is 55.7 Å². The molecule has 0 radical (unpaired) electrons. The van der Waals surface area contributed by atoms with Gasteiger partial charge in [0.2, 0.25) is 11.0 Å². The van der Waals surface area contributed by atoms with Gasteiger partial charge in [0.05, 0.1) is 27.1 Å². The molecule has 0 bridgehead atoms. The first kappa shape index (κ1) is 21.1. The van der Waals surface area contributed by atoms with Crippen LogP contribution in [0.5, 0.6) is 0 Å². The molecule has 5 rings (SSSR count). The van der Waals surface area contributed by atoms with Gasteiger partial charge in [-0.3, -0.25) is 4.79 Å². The van der Waals surface area contributed by atoms with Gasteiger partial charge in [-0.1, -0.05) is 35.2 Å². The lowest BCUT2D eigenvalue weighted by molar-refractivity contribution is -0.129. The summed E-state index contributed by atoms with van der Waals surface area (Å²) in [6.07, 6.45) is 4.45. The SMILES string of the molecule is O=C(CSc1nnc(NC[C@@H]2CCCO2)s1)N1CCC(c2nc3ccccc3s2)CC1. The minimum atomic E-state index is 0.178. The number of nitrogens with zero attached hydrogens (tertiary/aromatic N) is 4. The molecule has 0 unspecified atom stereocenters. The maximum atomic E-state index is 12.7. The summed E-state index contributed by atoms with van der Waals surface area (Å²) < 4.78 is 7.68. The summed E-state index contributed by atoms with van der Waals surface area (Å²) in [6.45, 7) is 3.21. The van der Waals surface area contributed by atoms with Crippen LogP contribution in [0.15, 0.2) is 28.6 Å². The third kappa shape index (κ3) is 5.19. The standard InChI is InChI=1S/C21H25N5O2S3/c27-18(13-29-21-25-24-20(31-21)22-12-15-4-3-11-28-15)26-9-7-14(8-10-26)19-23-16-5-1-2-6-17(16)30-19/h1-2,5-6,14-15H,3-4,7-13H2,(H,22,24)/t15-/m0/s1. The number of likely N-dealkylation sites (tertiary alicyclic amines) is 1. The van der Waals surface area contributed by atoms with E-state index in [1.54, 1.807) is 11.3 Å². The third-order valence-electron chi connectivity index (χ3n) is 5.74. The Kier molecular flexibility index (Phi) is 6.68. The Morgan fingerprint density at radius 2 is 2.06 bits per heavy atom. The van der Waals surface area contributed by atoms with Gasteiger partial charge < -0.3 is 15.0 Å². The first-order chi connectivity index (χ1) is 15.2. The Morgan fingerprint density at radius 1 is 1.19 bits per heavy atom. The van der Waals surface area contributed by atoms with Gasteiger partial charge in [0.25, 0.3) is 0 Å². The molecule has 2 fully saturated rings. The fourth-order valence-corrected chi connectivity index (χ4v) is 6.80. The average Bonchev–Trinajstić information content (AvgIpc) is 3.56. The highest BCUT2D eigenvalue weighted by molar-refractivity contribution is 8.01. The van der Waals surface area contributed by atoms with Crippen LogP contribution in [0.2, 0.25) is 0 Å². The lowest BCUT2D eigenvalue weighted by Gasteiger charge is -2.31. The van der Waals surface area contributed by atoms with Gasteiger partial charge in [0, 0.05) is 32.2 Å².